The van der Waals surface area contributed by atoms with E-state index in [1.807, 2.05) is 12.1 Å². The Labute approximate surface area is 112 Å². The monoisotopic (exact) mass is 317 g/mol. The fourth-order valence-corrected chi connectivity index (χ4v) is 1.23. The molecular formula is C11H12BrNO5. The highest BCUT2D eigenvalue weighted by atomic mass is 79.9. The average Bonchev–Trinajstić information content (AvgIpc) is 2.27. The summed E-state index contributed by atoms with van der Waals surface area (Å²) in [6.07, 6.45) is 1.12. The van der Waals surface area contributed by atoms with Gasteiger partial charge in [-0.15, -0.1) is 0 Å². The van der Waals surface area contributed by atoms with Gasteiger partial charge in [0.2, 0.25) is 0 Å². The molecule has 0 aliphatic heterocycles. The summed E-state index contributed by atoms with van der Waals surface area (Å²) < 4.78 is 5.92. The van der Waals surface area contributed by atoms with E-state index >= 15 is 0 Å². The zero-order chi connectivity index (χ0) is 14.1. The first kappa shape index (κ1) is 16.0. The van der Waals surface area contributed by atoms with Crippen LogP contribution in [0.25, 0.3) is 0 Å². The highest BCUT2D eigenvalue weighted by Crippen LogP contribution is 2.24. The lowest BCUT2D eigenvalue weighted by atomic mass is 10.3. The third-order valence-corrected chi connectivity index (χ3v) is 2.05. The molecule has 4 N–H and O–H groups in total. The smallest absolute Gasteiger partial charge is 0.328 e. The van der Waals surface area contributed by atoms with E-state index in [9.17, 15) is 9.59 Å². The zero-order valence-corrected chi connectivity index (χ0v) is 11.0. The maximum atomic E-state index is 9.55. The molecule has 0 bridgehead atoms. The number of halogens is 1. The van der Waals surface area contributed by atoms with Crippen LogP contribution in [0.3, 0.4) is 0 Å². The van der Waals surface area contributed by atoms with Crippen molar-refractivity contribution in [2.75, 3.05) is 12.8 Å². The Morgan fingerprint density at radius 1 is 1.28 bits per heavy atom. The number of benzene rings is 1. The molecule has 0 radical (unpaired) electrons. The minimum absolute atomic E-state index is 0.558. The molecule has 0 fully saturated rings. The largest absolute Gasteiger partial charge is 0.495 e. The molecule has 0 aromatic heterocycles. The highest BCUT2D eigenvalue weighted by molar-refractivity contribution is 9.10. The van der Waals surface area contributed by atoms with E-state index in [-0.39, 0.29) is 0 Å². The quantitative estimate of drug-likeness (QED) is 0.578. The van der Waals surface area contributed by atoms with E-state index in [0.29, 0.717) is 23.6 Å². The lowest BCUT2D eigenvalue weighted by Crippen LogP contribution is -1.91. The lowest BCUT2D eigenvalue weighted by Gasteiger charge is -2.02. The molecule has 6 nitrogen and oxygen atoms in total. The summed E-state index contributed by atoms with van der Waals surface area (Å²) in [5, 5.41) is 15.6. The van der Waals surface area contributed by atoms with Gasteiger partial charge in [-0.3, -0.25) is 0 Å². The number of methoxy groups -OCH3 is 1. The van der Waals surface area contributed by atoms with Crippen molar-refractivity contribution in [1.29, 1.82) is 0 Å². The molecular weight excluding hydrogens is 306 g/mol. The molecule has 0 saturated carbocycles. The number of hydrogen-bond acceptors (Lipinski definition) is 4. The van der Waals surface area contributed by atoms with Crippen LogP contribution < -0.4 is 10.5 Å². The number of anilines is 1. The average molecular weight is 318 g/mol. The van der Waals surface area contributed by atoms with Crippen molar-refractivity contribution in [3.63, 3.8) is 0 Å². The molecule has 7 heteroatoms. The number of aliphatic carboxylic acids is 2. The first-order chi connectivity index (χ1) is 8.36. The Morgan fingerprint density at radius 2 is 1.78 bits per heavy atom. The molecule has 0 amide bonds. The third kappa shape index (κ3) is 7.29. The molecule has 98 valence electrons. The third-order valence-electron chi connectivity index (χ3n) is 1.56. The van der Waals surface area contributed by atoms with Crippen molar-refractivity contribution >= 4 is 33.6 Å². The van der Waals surface area contributed by atoms with Gasteiger partial charge in [-0.05, 0) is 18.2 Å². The summed E-state index contributed by atoms with van der Waals surface area (Å²) >= 11 is 3.29. The van der Waals surface area contributed by atoms with Gasteiger partial charge in [0.1, 0.15) is 5.75 Å². The van der Waals surface area contributed by atoms with Crippen LogP contribution in [-0.4, -0.2) is 29.3 Å². The standard InChI is InChI=1S/C7H8BrNO.C4H4O4/c1-10-7-3-2-5(8)4-6(7)9;5-3(6)1-2-4(7)8/h2-4H,9H2,1H3;1-2H,(H,5,6)(H,7,8)/b;2-1-. The van der Waals surface area contributed by atoms with Gasteiger partial charge in [0.05, 0.1) is 12.8 Å². The number of ether oxygens (including phenoxy) is 1. The first-order valence-electron chi connectivity index (χ1n) is 4.59. The second-order valence-corrected chi connectivity index (χ2v) is 3.81. The van der Waals surface area contributed by atoms with Crippen LogP contribution in [0, 0.1) is 0 Å². The number of rotatable bonds is 3. The van der Waals surface area contributed by atoms with Gasteiger partial charge < -0.3 is 20.7 Å². The lowest BCUT2D eigenvalue weighted by molar-refractivity contribution is -0.134. The minimum Gasteiger partial charge on any atom is -0.495 e. The first-order valence-corrected chi connectivity index (χ1v) is 5.39. The fourth-order valence-electron chi connectivity index (χ4n) is 0.848. The van der Waals surface area contributed by atoms with E-state index in [1.54, 1.807) is 13.2 Å². The van der Waals surface area contributed by atoms with E-state index in [0.717, 1.165) is 4.47 Å². The summed E-state index contributed by atoms with van der Waals surface area (Å²) in [7, 11) is 1.60. The van der Waals surface area contributed by atoms with E-state index in [2.05, 4.69) is 15.9 Å². The normalized spacial score (nSPS) is 9.44. The van der Waals surface area contributed by atoms with Crippen LogP contribution >= 0.6 is 15.9 Å². The number of carboxylic acid groups (broad SMARTS) is 2. The second-order valence-electron chi connectivity index (χ2n) is 2.90. The van der Waals surface area contributed by atoms with Gasteiger partial charge in [-0.25, -0.2) is 9.59 Å². The summed E-state index contributed by atoms with van der Waals surface area (Å²) in [6, 6.07) is 5.51. The molecule has 0 aliphatic carbocycles. The van der Waals surface area contributed by atoms with Crippen LogP contribution in [-0.2, 0) is 9.59 Å². The molecule has 1 aromatic rings. The van der Waals surface area contributed by atoms with E-state index in [4.69, 9.17) is 20.7 Å². The predicted molar refractivity (Wildman–Crippen MR) is 69.5 cm³/mol. The summed E-state index contributed by atoms with van der Waals surface area (Å²) in [5.74, 6) is -1.80. The second kappa shape index (κ2) is 8.13. The Balaban J connectivity index is 0.000000331. The Kier molecular flexibility index (Phi) is 7.22. The van der Waals surface area contributed by atoms with Gasteiger partial charge in [0.15, 0.2) is 0 Å². The van der Waals surface area contributed by atoms with E-state index in [1.165, 1.54) is 0 Å². The van der Waals surface area contributed by atoms with Crippen molar-refractivity contribution in [1.82, 2.24) is 0 Å². The zero-order valence-electron chi connectivity index (χ0n) is 9.46. The number of hydrogen-bond donors (Lipinski definition) is 3. The van der Waals surface area contributed by atoms with Crippen LogP contribution in [0.1, 0.15) is 0 Å². The number of nitrogen functional groups attached to an aromatic ring is 1. The van der Waals surface area contributed by atoms with Gasteiger partial charge in [-0.2, -0.15) is 0 Å². The summed E-state index contributed by atoms with van der Waals surface area (Å²) in [6.45, 7) is 0. The van der Waals surface area contributed by atoms with Crippen molar-refractivity contribution < 1.29 is 24.5 Å². The fraction of sp³-hybridized carbons (Fsp3) is 0.0909. The number of carboxylic acids is 2. The Hall–Kier alpha value is -2.02. The maximum absolute atomic E-state index is 9.55. The van der Waals surface area contributed by atoms with Crippen molar-refractivity contribution in [2.24, 2.45) is 0 Å². The van der Waals surface area contributed by atoms with Crippen LogP contribution in [0.5, 0.6) is 5.75 Å². The molecule has 0 spiro atoms. The molecule has 18 heavy (non-hydrogen) atoms. The molecule has 0 aliphatic rings. The molecule has 0 unspecified atom stereocenters. The Morgan fingerprint density at radius 3 is 2.11 bits per heavy atom. The van der Waals surface area contributed by atoms with Crippen molar-refractivity contribution in [3.05, 3.63) is 34.8 Å². The van der Waals surface area contributed by atoms with Gasteiger partial charge in [0, 0.05) is 16.6 Å². The Bertz CT molecular complexity index is 443. The van der Waals surface area contributed by atoms with E-state index < -0.39 is 11.9 Å². The van der Waals surface area contributed by atoms with Gasteiger partial charge >= 0.3 is 11.9 Å². The van der Waals surface area contributed by atoms with Crippen LogP contribution in [0.4, 0.5) is 5.69 Å². The summed E-state index contributed by atoms with van der Waals surface area (Å²) in [4.78, 5) is 19.1. The number of nitrogens with two attached hydrogens (primary N) is 1. The molecule has 1 rings (SSSR count). The van der Waals surface area contributed by atoms with Gasteiger partial charge in [0.25, 0.3) is 0 Å². The molecule has 0 atom stereocenters. The molecule has 1 aromatic carbocycles. The molecule has 0 saturated heterocycles. The SMILES string of the molecule is COc1ccc(Br)cc1N.O=C(O)/C=C\C(=O)O. The predicted octanol–water partition coefficient (Wildman–Crippen LogP) is 1.75. The molecule has 0 heterocycles. The van der Waals surface area contributed by atoms with Crippen molar-refractivity contribution in [2.45, 2.75) is 0 Å². The maximum Gasteiger partial charge on any atom is 0.328 e. The van der Waals surface area contributed by atoms with Crippen molar-refractivity contribution in [3.8, 4) is 5.75 Å². The summed E-state index contributed by atoms with van der Waals surface area (Å²) in [5.41, 5.74) is 6.23. The van der Waals surface area contributed by atoms with Crippen LogP contribution in [0.15, 0.2) is 34.8 Å². The van der Waals surface area contributed by atoms with Crippen LogP contribution in [0.2, 0.25) is 0 Å². The number of carbonyl (C=O) groups is 2. The van der Waals surface area contributed by atoms with Gasteiger partial charge in [-0.1, -0.05) is 15.9 Å². The highest BCUT2D eigenvalue weighted by Gasteiger charge is 1.96. The minimum atomic E-state index is -1.26. The topological polar surface area (TPSA) is 110 Å².